The predicted molar refractivity (Wildman–Crippen MR) is 108 cm³/mol. The smallest absolute Gasteiger partial charge is 0.351 e. The van der Waals surface area contributed by atoms with Crippen LogP contribution in [-0.2, 0) is 14.4 Å². The Bertz CT molecular complexity index is 880. The fourth-order valence-electron chi connectivity index (χ4n) is 3.52. The topological polar surface area (TPSA) is 47.9 Å². The molecule has 0 amide bonds. The molecule has 27 heavy (non-hydrogen) atoms. The average Bonchev–Trinajstić information content (AvgIpc) is 3.10. The number of rotatable bonds is 4. The van der Waals surface area contributed by atoms with Crippen molar-refractivity contribution < 1.29 is 14.4 Å². The van der Waals surface area contributed by atoms with Crippen molar-refractivity contribution in [3.05, 3.63) is 68.2 Å². The van der Waals surface area contributed by atoms with Crippen molar-refractivity contribution in [1.82, 2.24) is 0 Å². The molecule has 142 valence electrons. The number of carbonyl (C=O) groups is 1. The molecule has 0 bridgehead atoms. The molecule has 0 aromatic heterocycles. The van der Waals surface area contributed by atoms with Gasteiger partial charge < -0.3 is 9.57 Å². The normalized spacial score (nSPS) is 18.8. The quantitative estimate of drug-likeness (QED) is 0.642. The molecule has 1 aliphatic rings. The lowest BCUT2D eigenvalue weighted by Crippen LogP contribution is -2.32. The Balaban J connectivity index is 2.17. The van der Waals surface area contributed by atoms with Gasteiger partial charge in [0, 0.05) is 15.6 Å². The molecule has 3 rings (SSSR count). The minimum Gasteiger partial charge on any atom is -0.463 e. The molecule has 2 atom stereocenters. The number of esters is 1. The summed E-state index contributed by atoms with van der Waals surface area (Å²) >= 11 is 13.0. The van der Waals surface area contributed by atoms with Crippen LogP contribution in [0.3, 0.4) is 0 Å². The fraction of sp³-hybridized carbons (Fsp3) is 0.333. The van der Waals surface area contributed by atoms with Gasteiger partial charge >= 0.3 is 5.97 Å². The molecule has 0 saturated carbocycles. The Kier molecular flexibility index (Phi) is 5.78. The van der Waals surface area contributed by atoms with Gasteiger partial charge in [0.05, 0.1) is 18.2 Å². The van der Waals surface area contributed by atoms with Gasteiger partial charge in [0.15, 0.2) is 0 Å². The van der Waals surface area contributed by atoms with Gasteiger partial charge in [-0.15, -0.1) is 0 Å². The lowest BCUT2D eigenvalue weighted by atomic mass is 9.82. The maximum Gasteiger partial charge on any atom is 0.351 e. The van der Waals surface area contributed by atoms with E-state index in [0.717, 1.165) is 27.8 Å². The van der Waals surface area contributed by atoms with Crippen LogP contribution in [0, 0.1) is 20.8 Å². The first kappa shape index (κ1) is 19.7. The van der Waals surface area contributed by atoms with Crippen LogP contribution in [0.4, 0.5) is 0 Å². The van der Waals surface area contributed by atoms with Gasteiger partial charge in [-0.3, -0.25) is 0 Å². The van der Waals surface area contributed by atoms with Crippen LogP contribution in [-0.4, -0.2) is 24.4 Å². The number of hydrogen-bond donors (Lipinski definition) is 0. The Hall–Kier alpha value is -2.04. The van der Waals surface area contributed by atoms with Crippen LogP contribution in [0.25, 0.3) is 0 Å². The van der Waals surface area contributed by atoms with Crippen LogP contribution in [0.1, 0.15) is 40.7 Å². The average molecular weight is 406 g/mol. The summed E-state index contributed by atoms with van der Waals surface area (Å²) in [7, 11) is 0. The molecular weight excluding hydrogens is 385 g/mol. The molecule has 2 aromatic carbocycles. The summed E-state index contributed by atoms with van der Waals surface area (Å²) in [4.78, 5) is 18.0. The summed E-state index contributed by atoms with van der Waals surface area (Å²) in [6, 6.07) is 9.66. The third kappa shape index (κ3) is 3.44. The number of hydrogen-bond acceptors (Lipinski definition) is 4. The summed E-state index contributed by atoms with van der Waals surface area (Å²) in [5, 5.41) is 5.47. The van der Waals surface area contributed by atoms with Crippen LogP contribution in [0.15, 0.2) is 35.5 Å². The number of benzene rings is 2. The Labute approximate surface area is 169 Å². The van der Waals surface area contributed by atoms with E-state index in [0.29, 0.717) is 15.8 Å². The van der Waals surface area contributed by atoms with E-state index in [1.54, 1.807) is 6.92 Å². The van der Waals surface area contributed by atoms with Crippen LogP contribution in [0.5, 0.6) is 0 Å². The highest BCUT2D eigenvalue weighted by molar-refractivity contribution is 6.38. The van der Waals surface area contributed by atoms with E-state index in [1.165, 1.54) is 0 Å². The molecule has 2 aromatic rings. The number of carbonyl (C=O) groups excluding carboxylic acids is 1. The monoisotopic (exact) mass is 405 g/mol. The molecule has 6 heteroatoms. The molecule has 4 nitrogen and oxygen atoms in total. The second-order valence-electron chi connectivity index (χ2n) is 6.52. The summed E-state index contributed by atoms with van der Waals surface area (Å²) < 4.78 is 5.20. The van der Waals surface area contributed by atoms with Crippen LogP contribution in [0.2, 0.25) is 10.0 Å². The molecular formula is C21H21Cl2NO3. The van der Waals surface area contributed by atoms with E-state index >= 15 is 0 Å². The lowest BCUT2D eigenvalue weighted by Gasteiger charge is -2.21. The van der Waals surface area contributed by atoms with Crippen LogP contribution >= 0.6 is 23.2 Å². The summed E-state index contributed by atoms with van der Waals surface area (Å²) in [5.41, 5.74) is 4.93. The zero-order valence-corrected chi connectivity index (χ0v) is 17.2. The zero-order valence-electron chi connectivity index (χ0n) is 15.7. The van der Waals surface area contributed by atoms with Gasteiger partial charge in [0.25, 0.3) is 0 Å². The molecule has 0 N–H and O–H groups in total. The summed E-state index contributed by atoms with van der Waals surface area (Å²) in [6.45, 7) is 7.78. The third-order valence-corrected chi connectivity index (χ3v) is 6.00. The highest BCUT2D eigenvalue weighted by atomic mass is 35.5. The number of oxime groups is 1. The van der Waals surface area contributed by atoms with E-state index < -0.39 is 18.0 Å². The largest absolute Gasteiger partial charge is 0.463 e. The number of nitrogens with zero attached hydrogens (tertiary/aromatic N) is 1. The van der Waals surface area contributed by atoms with Crippen molar-refractivity contribution in [2.24, 2.45) is 5.16 Å². The third-order valence-electron chi connectivity index (χ3n) is 4.86. The minimum absolute atomic E-state index is 0.274. The Morgan fingerprint density at radius 3 is 2.22 bits per heavy atom. The lowest BCUT2D eigenvalue weighted by molar-refractivity contribution is -0.155. The van der Waals surface area contributed by atoms with E-state index in [-0.39, 0.29) is 6.61 Å². The molecule has 0 aliphatic carbocycles. The number of halogens is 2. The molecule has 0 saturated heterocycles. The van der Waals surface area contributed by atoms with Crippen LogP contribution < -0.4 is 0 Å². The Morgan fingerprint density at radius 1 is 1.07 bits per heavy atom. The van der Waals surface area contributed by atoms with Crippen molar-refractivity contribution in [3.8, 4) is 0 Å². The van der Waals surface area contributed by atoms with Gasteiger partial charge in [-0.1, -0.05) is 58.7 Å². The van der Waals surface area contributed by atoms with Crippen molar-refractivity contribution >= 4 is 34.9 Å². The molecule has 1 aliphatic heterocycles. The van der Waals surface area contributed by atoms with E-state index in [4.69, 9.17) is 32.8 Å². The van der Waals surface area contributed by atoms with Gasteiger partial charge in [-0.25, -0.2) is 4.79 Å². The first-order valence-electron chi connectivity index (χ1n) is 8.78. The highest BCUT2D eigenvalue weighted by Crippen LogP contribution is 2.40. The fourth-order valence-corrected chi connectivity index (χ4v) is 3.94. The molecule has 0 spiro atoms. The first-order chi connectivity index (χ1) is 12.9. The summed E-state index contributed by atoms with van der Waals surface area (Å²) in [5.74, 6) is -0.845. The minimum atomic E-state index is -0.847. The van der Waals surface area contributed by atoms with Crippen molar-refractivity contribution in [3.63, 3.8) is 0 Å². The molecule has 0 radical (unpaired) electrons. The molecule has 0 fully saturated rings. The SMILES string of the molecule is CCOC(=O)[C@@H]1ON=C(c2c(C)c(Cl)c(C)c(Cl)c2C)[C@H]1c1ccccc1. The standard InChI is InChI=1S/C21H21Cl2NO3/c1-5-26-21(25)20-16(14-9-7-6-8-10-14)19(24-27-20)15-11(2)17(22)13(4)18(23)12(15)3/h6-10,16,20H,5H2,1-4H3/t16-,20-/m1/s1. The summed E-state index contributed by atoms with van der Waals surface area (Å²) in [6.07, 6.45) is -0.847. The van der Waals surface area contributed by atoms with Gasteiger partial charge in [0.1, 0.15) is 0 Å². The number of ether oxygens (including phenoxy) is 1. The molecule has 0 unspecified atom stereocenters. The zero-order chi connectivity index (χ0) is 19.7. The highest BCUT2D eigenvalue weighted by Gasteiger charge is 2.43. The van der Waals surface area contributed by atoms with Crippen molar-refractivity contribution in [2.45, 2.75) is 39.7 Å². The second-order valence-corrected chi connectivity index (χ2v) is 7.28. The Morgan fingerprint density at radius 2 is 1.67 bits per heavy atom. The molecule has 1 heterocycles. The van der Waals surface area contributed by atoms with Gasteiger partial charge in [-0.05, 0) is 49.9 Å². The second kappa shape index (κ2) is 7.91. The van der Waals surface area contributed by atoms with Gasteiger partial charge in [0.2, 0.25) is 6.10 Å². The van der Waals surface area contributed by atoms with E-state index in [1.807, 2.05) is 51.1 Å². The van der Waals surface area contributed by atoms with Gasteiger partial charge in [-0.2, -0.15) is 0 Å². The maximum absolute atomic E-state index is 12.5. The maximum atomic E-state index is 12.5. The predicted octanol–water partition coefficient (Wildman–Crippen LogP) is 5.37. The first-order valence-corrected chi connectivity index (χ1v) is 9.54. The van der Waals surface area contributed by atoms with E-state index in [9.17, 15) is 4.79 Å². The van der Waals surface area contributed by atoms with Crippen molar-refractivity contribution in [2.75, 3.05) is 6.61 Å². The van der Waals surface area contributed by atoms with Crippen molar-refractivity contribution in [1.29, 1.82) is 0 Å². The van der Waals surface area contributed by atoms with E-state index in [2.05, 4.69) is 5.16 Å².